The minimum atomic E-state index is -0.0425. The lowest BCUT2D eigenvalue weighted by Crippen LogP contribution is -2.24. The first kappa shape index (κ1) is 9.93. The van der Waals surface area contributed by atoms with Crippen molar-refractivity contribution >= 4 is 0 Å². The van der Waals surface area contributed by atoms with Gasteiger partial charge in [0, 0.05) is 29.7 Å². The maximum absolute atomic E-state index is 8.93. The van der Waals surface area contributed by atoms with Gasteiger partial charge in [0.2, 0.25) is 6.04 Å². The average Bonchev–Trinajstić information content (AvgIpc) is 2.75. The van der Waals surface area contributed by atoms with Crippen LogP contribution in [0.15, 0.2) is 47.2 Å². The first-order valence-corrected chi connectivity index (χ1v) is 5.67. The predicted octanol–water partition coefficient (Wildman–Crippen LogP) is 2.10. The topological polar surface area (TPSA) is 40.2 Å². The molecule has 1 fully saturated rings. The highest BCUT2D eigenvalue weighted by Crippen LogP contribution is 2.37. The Balaban J connectivity index is 2.01. The summed E-state index contributed by atoms with van der Waals surface area (Å²) >= 11 is 0. The van der Waals surface area contributed by atoms with Gasteiger partial charge in [-0.15, -0.1) is 0 Å². The van der Waals surface area contributed by atoms with E-state index < -0.39 is 0 Å². The van der Waals surface area contributed by atoms with Gasteiger partial charge in [-0.3, -0.25) is 0 Å². The molecule has 82 valence electrons. The molecule has 1 saturated heterocycles. The molecule has 3 atom stereocenters. The molecule has 2 aliphatic carbocycles. The molecule has 17 heavy (non-hydrogen) atoms. The van der Waals surface area contributed by atoms with E-state index in [0.717, 1.165) is 12.1 Å². The molecule has 0 aromatic heterocycles. The summed E-state index contributed by atoms with van der Waals surface area (Å²) in [5.41, 5.74) is 3.03. The lowest BCUT2D eigenvalue weighted by atomic mass is 9.86. The Kier molecular flexibility index (Phi) is 2.13. The highest BCUT2D eigenvalue weighted by Gasteiger charge is 2.36. The van der Waals surface area contributed by atoms with E-state index in [1.54, 1.807) is 0 Å². The third-order valence-electron chi connectivity index (χ3n) is 3.45. The van der Waals surface area contributed by atoms with Gasteiger partial charge >= 0.3 is 0 Å². The number of hydrogen-bond acceptors (Lipinski definition) is 2. The van der Waals surface area contributed by atoms with Gasteiger partial charge in [-0.2, -0.15) is 5.26 Å². The summed E-state index contributed by atoms with van der Waals surface area (Å²) in [7, 11) is 0. The van der Waals surface area contributed by atoms with Gasteiger partial charge in [0.15, 0.2) is 0 Å². The van der Waals surface area contributed by atoms with Crippen molar-refractivity contribution in [2.75, 3.05) is 0 Å². The summed E-state index contributed by atoms with van der Waals surface area (Å²) in [4.78, 5) is 3.58. The normalized spacial score (nSPS) is 33.1. The molecule has 3 nitrogen and oxygen atoms in total. The van der Waals surface area contributed by atoms with Gasteiger partial charge in [-0.25, -0.2) is 6.57 Å². The van der Waals surface area contributed by atoms with Crippen molar-refractivity contribution in [2.24, 2.45) is 5.92 Å². The van der Waals surface area contributed by atoms with Gasteiger partial charge in [0.05, 0.1) is 12.1 Å². The van der Waals surface area contributed by atoms with E-state index >= 15 is 0 Å². The lowest BCUT2D eigenvalue weighted by molar-refractivity contribution is 0.650. The summed E-state index contributed by atoms with van der Waals surface area (Å²) in [6.45, 7) is 7.11. The van der Waals surface area contributed by atoms with Crippen LogP contribution in [0.3, 0.4) is 0 Å². The highest BCUT2D eigenvalue weighted by atomic mass is 15.0. The summed E-state index contributed by atoms with van der Waals surface area (Å²) in [6, 6.07) is 2.38. The van der Waals surface area contributed by atoms with Crippen molar-refractivity contribution in [3.8, 4) is 6.07 Å². The zero-order chi connectivity index (χ0) is 11.8. The van der Waals surface area contributed by atoms with Crippen LogP contribution in [-0.4, -0.2) is 12.1 Å². The fourth-order valence-corrected chi connectivity index (χ4v) is 2.60. The van der Waals surface area contributed by atoms with Gasteiger partial charge in [-0.1, -0.05) is 18.2 Å². The van der Waals surface area contributed by atoms with Gasteiger partial charge in [0.25, 0.3) is 0 Å². The van der Waals surface area contributed by atoms with Crippen molar-refractivity contribution < 1.29 is 0 Å². The van der Waals surface area contributed by atoms with Crippen molar-refractivity contribution in [3.63, 3.8) is 0 Å². The van der Waals surface area contributed by atoms with Gasteiger partial charge < -0.3 is 10.2 Å². The minimum absolute atomic E-state index is 0.0425. The maximum atomic E-state index is 8.93. The lowest BCUT2D eigenvalue weighted by Gasteiger charge is -2.16. The largest absolute Gasteiger partial charge is 0.378 e. The number of nitrogens with zero attached hydrogens (tertiary/aromatic N) is 2. The van der Waals surface area contributed by atoms with E-state index in [0.29, 0.717) is 5.57 Å². The van der Waals surface area contributed by atoms with E-state index in [1.807, 2.05) is 24.3 Å². The monoisotopic (exact) mass is 221 g/mol. The van der Waals surface area contributed by atoms with Crippen molar-refractivity contribution in [1.82, 2.24) is 5.32 Å². The zero-order valence-corrected chi connectivity index (χ0v) is 9.22. The second-order valence-corrected chi connectivity index (χ2v) is 4.46. The molecule has 0 spiro atoms. The second-order valence-electron chi connectivity index (χ2n) is 4.46. The number of nitriles is 1. The van der Waals surface area contributed by atoms with E-state index in [-0.39, 0.29) is 18.0 Å². The van der Waals surface area contributed by atoms with Crippen LogP contribution >= 0.6 is 0 Å². The van der Waals surface area contributed by atoms with Crippen LogP contribution < -0.4 is 5.32 Å². The Bertz CT molecular complexity index is 563. The molecular formula is C14H11N3. The minimum Gasteiger partial charge on any atom is -0.378 e. The Morgan fingerprint density at radius 1 is 1.47 bits per heavy atom. The molecule has 0 amide bonds. The van der Waals surface area contributed by atoms with Gasteiger partial charge in [-0.05, 0) is 11.6 Å². The molecule has 0 bridgehead atoms. The maximum Gasteiger partial charge on any atom is 0.246 e. The number of allylic oxidation sites excluding steroid dienone is 3. The van der Waals surface area contributed by atoms with Crippen LogP contribution in [0, 0.1) is 23.8 Å². The van der Waals surface area contributed by atoms with Crippen molar-refractivity contribution in [3.05, 3.63) is 58.6 Å². The Morgan fingerprint density at radius 3 is 3.12 bits per heavy atom. The van der Waals surface area contributed by atoms with E-state index in [1.165, 1.54) is 5.57 Å². The standard InChI is InChI=1S/C14H11N3/c1-16-10-3-5-14-12(7-10)11-6-9(8-15)2-4-13(11)17-14/h2,4-7,10-11,13,17H,3H2. The summed E-state index contributed by atoms with van der Waals surface area (Å²) in [6.07, 6.45) is 10.8. The number of fused-ring (bicyclic) bond motifs is 3. The molecule has 0 aromatic carbocycles. The van der Waals surface area contributed by atoms with Crippen LogP contribution in [0.4, 0.5) is 0 Å². The fourth-order valence-electron chi connectivity index (χ4n) is 2.60. The smallest absolute Gasteiger partial charge is 0.246 e. The van der Waals surface area contributed by atoms with Crippen LogP contribution in [0.25, 0.3) is 4.85 Å². The molecule has 0 radical (unpaired) electrons. The van der Waals surface area contributed by atoms with E-state index in [2.05, 4.69) is 22.3 Å². The SMILES string of the molecule is [C-]#[N+]C1C=C2C(=CC1)NC1C=CC(C#N)=CC21. The molecular weight excluding hydrogens is 210 g/mol. The highest BCUT2D eigenvalue weighted by molar-refractivity contribution is 5.51. The number of nitrogens with one attached hydrogen (secondary N) is 1. The van der Waals surface area contributed by atoms with Gasteiger partial charge in [0.1, 0.15) is 0 Å². The first-order valence-electron chi connectivity index (χ1n) is 5.67. The average molecular weight is 221 g/mol. The summed E-state index contributed by atoms with van der Waals surface area (Å²) < 4.78 is 0. The molecule has 3 unspecified atom stereocenters. The third-order valence-corrected chi connectivity index (χ3v) is 3.45. The Labute approximate surface area is 100 Å². The van der Waals surface area contributed by atoms with E-state index in [9.17, 15) is 0 Å². The van der Waals surface area contributed by atoms with Crippen LogP contribution in [0.5, 0.6) is 0 Å². The summed E-state index contributed by atoms with van der Waals surface area (Å²) in [5.74, 6) is 0.213. The third kappa shape index (κ3) is 1.48. The molecule has 0 aromatic rings. The van der Waals surface area contributed by atoms with E-state index in [4.69, 9.17) is 11.8 Å². The van der Waals surface area contributed by atoms with Crippen LogP contribution in [0.1, 0.15) is 6.42 Å². The van der Waals surface area contributed by atoms with Crippen molar-refractivity contribution in [2.45, 2.75) is 18.5 Å². The Morgan fingerprint density at radius 2 is 2.35 bits per heavy atom. The predicted molar refractivity (Wildman–Crippen MR) is 64.4 cm³/mol. The Hall–Kier alpha value is -2.26. The first-order chi connectivity index (χ1) is 8.31. The quantitative estimate of drug-likeness (QED) is 0.636. The van der Waals surface area contributed by atoms with Crippen LogP contribution in [-0.2, 0) is 0 Å². The second kappa shape index (κ2) is 3.64. The summed E-state index contributed by atoms with van der Waals surface area (Å²) in [5, 5.41) is 12.4. The molecule has 3 aliphatic rings. The molecule has 1 aliphatic heterocycles. The molecule has 1 N–H and O–H groups in total. The molecule has 1 heterocycles. The molecule has 0 saturated carbocycles. The fraction of sp³-hybridized carbons (Fsp3) is 0.286. The molecule has 3 rings (SSSR count). The van der Waals surface area contributed by atoms with Crippen molar-refractivity contribution in [1.29, 1.82) is 5.26 Å². The molecule has 3 heteroatoms. The number of rotatable bonds is 0. The van der Waals surface area contributed by atoms with Crippen LogP contribution in [0.2, 0.25) is 0 Å². The number of hydrogen-bond donors (Lipinski definition) is 1. The zero-order valence-electron chi connectivity index (χ0n) is 9.22.